The molecule has 0 saturated carbocycles. The highest BCUT2D eigenvalue weighted by atomic mass is 16.3. The molecule has 1 heterocycles. The van der Waals surface area contributed by atoms with E-state index in [1.807, 2.05) is 37.3 Å². The average molecular weight is 298 g/mol. The Bertz CT molecular complexity index is 599. The van der Waals surface area contributed by atoms with Gasteiger partial charge < -0.3 is 10.4 Å². The van der Waals surface area contributed by atoms with E-state index in [9.17, 15) is 9.90 Å². The van der Waals surface area contributed by atoms with Gasteiger partial charge in [0.05, 0.1) is 0 Å². The number of aromatic nitrogens is 1. The number of aliphatic hydroxyl groups is 1. The molecule has 0 saturated heterocycles. The third kappa shape index (κ3) is 4.15. The van der Waals surface area contributed by atoms with E-state index >= 15 is 0 Å². The van der Waals surface area contributed by atoms with Crippen LogP contribution in [0.5, 0.6) is 0 Å². The lowest BCUT2D eigenvalue weighted by Crippen LogP contribution is -2.29. The highest BCUT2D eigenvalue weighted by molar-refractivity contribution is 5.95. The summed E-state index contributed by atoms with van der Waals surface area (Å²) in [6.45, 7) is 2.62. The second-order valence-corrected chi connectivity index (χ2v) is 5.22. The van der Waals surface area contributed by atoms with Crippen molar-refractivity contribution in [3.8, 4) is 0 Å². The van der Waals surface area contributed by atoms with E-state index < -0.39 is 0 Å². The standard InChI is InChI=1S/C18H22N2O2/c1-2-14-12-19-10-8-17(14)18(22)20-13-16(9-11-21)15-6-4-3-5-7-15/h3-8,10,12,16,21H,2,9,11,13H2,1H3,(H,20,22). The minimum Gasteiger partial charge on any atom is -0.396 e. The SMILES string of the molecule is CCc1cnccc1C(=O)NCC(CCO)c1ccccc1. The Morgan fingerprint density at radius 1 is 1.27 bits per heavy atom. The summed E-state index contributed by atoms with van der Waals surface area (Å²) in [6.07, 6.45) is 4.77. The quantitative estimate of drug-likeness (QED) is 0.825. The highest BCUT2D eigenvalue weighted by Crippen LogP contribution is 2.18. The molecule has 2 N–H and O–H groups in total. The molecule has 2 rings (SSSR count). The van der Waals surface area contributed by atoms with Gasteiger partial charge in [0.2, 0.25) is 0 Å². The van der Waals surface area contributed by atoms with Crippen molar-refractivity contribution in [1.29, 1.82) is 0 Å². The van der Waals surface area contributed by atoms with Crippen LogP contribution in [0.1, 0.15) is 40.7 Å². The van der Waals surface area contributed by atoms with Crippen molar-refractivity contribution in [2.45, 2.75) is 25.7 Å². The molecule has 2 aromatic rings. The smallest absolute Gasteiger partial charge is 0.251 e. The van der Waals surface area contributed by atoms with Gasteiger partial charge in [0.25, 0.3) is 5.91 Å². The van der Waals surface area contributed by atoms with Crippen LogP contribution in [0.3, 0.4) is 0 Å². The average Bonchev–Trinajstić information content (AvgIpc) is 2.59. The fourth-order valence-electron chi connectivity index (χ4n) is 2.51. The van der Waals surface area contributed by atoms with Crippen molar-refractivity contribution in [2.75, 3.05) is 13.2 Å². The van der Waals surface area contributed by atoms with Gasteiger partial charge in [0.1, 0.15) is 0 Å². The fourth-order valence-corrected chi connectivity index (χ4v) is 2.51. The highest BCUT2D eigenvalue weighted by Gasteiger charge is 2.15. The molecule has 116 valence electrons. The predicted octanol–water partition coefficient (Wildman–Crippen LogP) is 2.54. The van der Waals surface area contributed by atoms with Crippen molar-refractivity contribution in [3.05, 3.63) is 65.5 Å². The van der Waals surface area contributed by atoms with E-state index in [2.05, 4.69) is 10.3 Å². The maximum atomic E-state index is 12.4. The molecule has 0 aliphatic heterocycles. The molecule has 1 aromatic carbocycles. The molecular weight excluding hydrogens is 276 g/mol. The first-order valence-electron chi connectivity index (χ1n) is 7.63. The van der Waals surface area contributed by atoms with Gasteiger partial charge in [-0.15, -0.1) is 0 Å². The molecule has 22 heavy (non-hydrogen) atoms. The molecule has 0 aliphatic carbocycles. The summed E-state index contributed by atoms with van der Waals surface area (Å²) >= 11 is 0. The molecule has 0 aliphatic rings. The Morgan fingerprint density at radius 3 is 2.73 bits per heavy atom. The molecule has 0 fully saturated rings. The van der Waals surface area contributed by atoms with Gasteiger partial charge in [-0.3, -0.25) is 9.78 Å². The van der Waals surface area contributed by atoms with Crippen LogP contribution in [0, 0.1) is 0 Å². The van der Waals surface area contributed by atoms with E-state index in [1.165, 1.54) is 0 Å². The number of carbonyl (C=O) groups is 1. The molecule has 0 bridgehead atoms. The van der Waals surface area contributed by atoms with Gasteiger partial charge in [-0.05, 0) is 30.0 Å². The number of benzene rings is 1. The first-order valence-corrected chi connectivity index (χ1v) is 7.63. The number of pyridine rings is 1. The summed E-state index contributed by atoms with van der Waals surface area (Å²) in [7, 11) is 0. The van der Waals surface area contributed by atoms with Gasteiger partial charge in [-0.25, -0.2) is 0 Å². The normalized spacial score (nSPS) is 11.9. The zero-order valence-corrected chi connectivity index (χ0v) is 12.8. The summed E-state index contributed by atoms with van der Waals surface area (Å²) in [4.78, 5) is 16.4. The molecule has 1 unspecified atom stereocenters. The molecular formula is C18H22N2O2. The number of hydrogen-bond donors (Lipinski definition) is 2. The number of nitrogens with zero attached hydrogens (tertiary/aromatic N) is 1. The minimum atomic E-state index is -0.0851. The molecule has 1 amide bonds. The Balaban J connectivity index is 2.04. The number of aryl methyl sites for hydroxylation is 1. The van der Waals surface area contributed by atoms with Crippen molar-refractivity contribution in [2.24, 2.45) is 0 Å². The van der Waals surface area contributed by atoms with Crippen molar-refractivity contribution >= 4 is 5.91 Å². The van der Waals surface area contributed by atoms with Crippen molar-refractivity contribution in [3.63, 3.8) is 0 Å². The van der Waals surface area contributed by atoms with Crippen LogP contribution in [0.4, 0.5) is 0 Å². The van der Waals surface area contributed by atoms with Gasteiger partial charge in [0.15, 0.2) is 0 Å². The number of carbonyl (C=O) groups excluding carboxylic acids is 1. The third-order valence-electron chi connectivity index (χ3n) is 3.79. The molecule has 1 aromatic heterocycles. The molecule has 0 radical (unpaired) electrons. The van der Waals surface area contributed by atoms with E-state index in [-0.39, 0.29) is 18.4 Å². The summed E-state index contributed by atoms with van der Waals surface area (Å²) in [5, 5.41) is 12.2. The van der Waals surface area contributed by atoms with Crippen molar-refractivity contribution in [1.82, 2.24) is 10.3 Å². The van der Waals surface area contributed by atoms with E-state index in [4.69, 9.17) is 0 Å². The second-order valence-electron chi connectivity index (χ2n) is 5.22. The topological polar surface area (TPSA) is 62.2 Å². The maximum absolute atomic E-state index is 12.4. The zero-order chi connectivity index (χ0) is 15.8. The van der Waals surface area contributed by atoms with Gasteiger partial charge >= 0.3 is 0 Å². The van der Waals surface area contributed by atoms with Gasteiger partial charge in [0, 0.05) is 37.0 Å². The molecule has 4 nitrogen and oxygen atoms in total. The molecule has 1 atom stereocenters. The third-order valence-corrected chi connectivity index (χ3v) is 3.79. The maximum Gasteiger partial charge on any atom is 0.251 e. The minimum absolute atomic E-state index is 0.0851. The predicted molar refractivity (Wildman–Crippen MR) is 86.8 cm³/mol. The molecule has 0 spiro atoms. The monoisotopic (exact) mass is 298 g/mol. The van der Waals surface area contributed by atoms with E-state index in [0.717, 1.165) is 17.5 Å². The first-order chi connectivity index (χ1) is 10.8. The van der Waals surface area contributed by atoms with Crippen LogP contribution >= 0.6 is 0 Å². The van der Waals surface area contributed by atoms with E-state index in [1.54, 1.807) is 18.5 Å². The van der Waals surface area contributed by atoms with Gasteiger partial charge in [-0.2, -0.15) is 0 Å². The zero-order valence-electron chi connectivity index (χ0n) is 12.8. The second kappa shape index (κ2) is 8.29. The van der Waals surface area contributed by atoms with Gasteiger partial charge in [-0.1, -0.05) is 37.3 Å². The first kappa shape index (κ1) is 16.2. The van der Waals surface area contributed by atoms with Crippen LogP contribution in [0.15, 0.2) is 48.8 Å². The number of nitrogens with one attached hydrogen (secondary N) is 1. The Kier molecular flexibility index (Phi) is 6.10. The lowest BCUT2D eigenvalue weighted by molar-refractivity contribution is 0.0948. The molecule has 4 heteroatoms. The Hall–Kier alpha value is -2.20. The number of rotatable bonds is 7. The summed E-state index contributed by atoms with van der Waals surface area (Å²) < 4.78 is 0. The lowest BCUT2D eigenvalue weighted by atomic mass is 9.96. The largest absolute Gasteiger partial charge is 0.396 e. The fraction of sp³-hybridized carbons (Fsp3) is 0.333. The van der Waals surface area contributed by atoms with Crippen LogP contribution < -0.4 is 5.32 Å². The van der Waals surface area contributed by atoms with Crippen LogP contribution in [0.25, 0.3) is 0 Å². The summed E-state index contributed by atoms with van der Waals surface area (Å²) in [6, 6.07) is 11.7. The number of hydrogen-bond acceptors (Lipinski definition) is 3. The summed E-state index contributed by atoms with van der Waals surface area (Å²) in [5.41, 5.74) is 2.74. The van der Waals surface area contributed by atoms with E-state index in [0.29, 0.717) is 18.5 Å². The summed E-state index contributed by atoms with van der Waals surface area (Å²) in [5.74, 6) is 0.0279. The van der Waals surface area contributed by atoms with Crippen LogP contribution in [0.2, 0.25) is 0 Å². The lowest BCUT2D eigenvalue weighted by Gasteiger charge is -2.17. The number of amides is 1. The Morgan fingerprint density at radius 2 is 2.05 bits per heavy atom. The number of aliphatic hydroxyl groups excluding tert-OH is 1. The van der Waals surface area contributed by atoms with Crippen LogP contribution in [-0.2, 0) is 6.42 Å². The van der Waals surface area contributed by atoms with Crippen molar-refractivity contribution < 1.29 is 9.90 Å². The Labute approximate surface area is 131 Å². The van der Waals surface area contributed by atoms with Crippen LogP contribution in [-0.4, -0.2) is 29.1 Å².